The summed E-state index contributed by atoms with van der Waals surface area (Å²) in [4.78, 5) is 25.6. The predicted octanol–water partition coefficient (Wildman–Crippen LogP) is 10.3. The lowest BCUT2D eigenvalue weighted by atomic mass is 9.78. The SMILES string of the molecule is CC(C)(CCOC(=O)CCc1cc(C(C)(C)C)c(O)c(C(C)(C)C)c1)OCCC(C)(C)OC(=O)CCc1cc(C(C)(C)C)c(O)c(C(C)(C)C)c1. The average Bonchev–Trinajstić information content (AvgIpc) is 2.92. The first kappa shape index (κ1) is 44.1. The number of benzene rings is 2. The lowest BCUT2D eigenvalue weighted by Gasteiger charge is -2.30. The Balaban J connectivity index is 1.86. The highest BCUT2D eigenvalue weighted by Crippen LogP contribution is 2.41. The van der Waals surface area contributed by atoms with E-state index in [9.17, 15) is 19.8 Å². The molecular weight excluding hydrogens is 640 g/mol. The maximum absolute atomic E-state index is 12.9. The molecule has 0 aliphatic heterocycles. The number of rotatable bonds is 14. The topological polar surface area (TPSA) is 102 Å². The van der Waals surface area contributed by atoms with E-state index in [1.54, 1.807) is 0 Å². The normalized spacial score (nSPS) is 13.3. The van der Waals surface area contributed by atoms with E-state index >= 15 is 0 Å². The van der Waals surface area contributed by atoms with E-state index < -0.39 is 11.2 Å². The molecule has 0 fully saturated rings. The number of aryl methyl sites for hydroxylation is 2. The molecule has 51 heavy (non-hydrogen) atoms. The molecule has 0 spiro atoms. The molecule has 0 bridgehead atoms. The largest absolute Gasteiger partial charge is 0.507 e. The Morgan fingerprint density at radius 3 is 1.20 bits per heavy atom. The fourth-order valence-electron chi connectivity index (χ4n) is 6.00. The van der Waals surface area contributed by atoms with Crippen LogP contribution in [-0.2, 0) is 58.3 Å². The first-order chi connectivity index (χ1) is 22.9. The number of ether oxygens (including phenoxy) is 3. The molecule has 0 radical (unpaired) electrons. The van der Waals surface area contributed by atoms with Gasteiger partial charge in [0.2, 0.25) is 0 Å². The van der Waals surface area contributed by atoms with Crippen molar-refractivity contribution in [1.82, 2.24) is 0 Å². The number of phenolic OH excluding ortho intramolecular Hbond substituents is 2. The van der Waals surface area contributed by atoms with Gasteiger partial charge in [-0.25, -0.2) is 0 Å². The zero-order valence-corrected chi connectivity index (χ0v) is 34.9. The molecule has 0 aliphatic carbocycles. The van der Waals surface area contributed by atoms with Crippen LogP contribution < -0.4 is 0 Å². The molecule has 288 valence electrons. The molecule has 2 aromatic carbocycles. The summed E-state index contributed by atoms with van der Waals surface area (Å²) in [5.41, 5.74) is 3.37. The Bertz CT molecular complexity index is 1430. The van der Waals surface area contributed by atoms with Crippen molar-refractivity contribution >= 4 is 11.9 Å². The summed E-state index contributed by atoms with van der Waals surface area (Å²) >= 11 is 0. The van der Waals surface area contributed by atoms with Crippen LogP contribution >= 0.6 is 0 Å². The van der Waals surface area contributed by atoms with Gasteiger partial charge in [0.1, 0.15) is 17.1 Å². The molecule has 0 aromatic heterocycles. The highest BCUT2D eigenvalue weighted by atomic mass is 16.6. The summed E-state index contributed by atoms with van der Waals surface area (Å²) in [5.74, 6) is 0.127. The predicted molar refractivity (Wildman–Crippen MR) is 208 cm³/mol. The van der Waals surface area contributed by atoms with E-state index in [1.165, 1.54) is 0 Å². The van der Waals surface area contributed by atoms with Crippen molar-refractivity contribution in [3.05, 3.63) is 57.6 Å². The number of esters is 2. The standard InChI is InChI=1S/C44H70O7/c1-39(2,3)31-25-29(26-32(37(31)47)40(4,5)6)17-19-35(45)49-23-21-43(13,14)50-24-22-44(15,16)51-36(46)20-18-30-27-33(41(7,8)9)38(48)34(28-30)42(10,11)12/h25-28,47-48H,17-24H2,1-16H3. The second kappa shape index (κ2) is 16.3. The minimum atomic E-state index is -0.713. The zero-order valence-electron chi connectivity index (χ0n) is 34.9. The van der Waals surface area contributed by atoms with Crippen molar-refractivity contribution in [2.24, 2.45) is 0 Å². The van der Waals surface area contributed by atoms with E-state index in [2.05, 4.69) is 83.1 Å². The van der Waals surface area contributed by atoms with E-state index in [1.807, 2.05) is 52.0 Å². The molecule has 0 saturated carbocycles. The first-order valence-electron chi connectivity index (χ1n) is 18.7. The molecule has 0 unspecified atom stereocenters. The van der Waals surface area contributed by atoms with Gasteiger partial charge in [-0.3, -0.25) is 9.59 Å². The van der Waals surface area contributed by atoms with Gasteiger partial charge >= 0.3 is 11.9 Å². The molecule has 7 nitrogen and oxygen atoms in total. The lowest BCUT2D eigenvalue weighted by molar-refractivity contribution is -0.159. The van der Waals surface area contributed by atoms with Crippen LogP contribution in [-0.4, -0.2) is 46.6 Å². The van der Waals surface area contributed by atoms with Crippen LogP contribution in [0.4, 0.5) is 0 Å². The van der Waals surface area contributed by atoms with Crippen LogP contribution in [0.15, 0.2) is 24.3 Å². The summed E-state index contributed by atoms with van der Waals surface area (Å²) in [6.45, 7) is 33.3. The number of phenols is 2. The Hall–Kier alpha value is -3.06. The van der Waals surface area contributed by atoms with Crippen molar-refractivity contribution in [1.29, 1.82) is 0 Å². The molecule has 0 aliphatic rings. The van der Waals surface area contributed by atoms with Gasteiger partial charge in [-0.05, 0) is 95.6 Å². The van der Waals surface area contributed by atoms with Crippen molar-refractivity contribution in [3.8, 4) is 11.5 Å². The Morgan fingerprint density at radius 2 is 0.843 bits per heavy atom. The molecule has 2 N–H and O–H groups in total. The maximum atomic E-state index is 12.9. The molecule has 7 heteroatoms. The summed E-state index contributed by atoms with van der Waals surface area (Å²) in [6, 6.07) is 8.04. The monoisotopic (exact) mass is 711 g/mol. The minimum absolute atomic E-state index is 0.231. The molecule has 0 amide bonds. The third-order valence-corrected chi connectivity index (χ3v) is 9.36. The van der Waals surface area contributed by atoms with Gasteiger partial charge in [-0.1, -0.05) is 107 Å². The van der Waals surface area contributed by atoms with Crippen LogP contribution in [0, 0.1) is 0 Å². The van der Waals surface area contributed by atoms with E-state index in [0.29, 0.717) is 43.8 Å². The highest BCUT2D eigenvalue weighted by Gasteiger charge is 2.29. The lowest BCUT2D eigenvalue weighted by Crippen LogP contribution is -2.33. The molecule has 0 atom stereocenters. The third-order valence-electron chi connectivity index (χ3n) is 9.36. The van der Waals surface area contributed by atoms with Crippen LogP contribution in [0.3, 0.4) is 0 Å². The summed E-state index contributed by atoms with van der Waals surface area (Å²) < 4.78 is 17.6. The van der Waals surface area contributed by atoms with Gasteiger partial charge in [0, 0.05) is 25.7 Å². The fraction of sp³-hybridized carbons (Fsp3) is 0.682. The maximum Gasteiger partial charge on any atom is 0.306 e. The second-order valence-corrected chi connectivity index (χ2v) is 19.6. The second-order valence-electron chi connectivity index (χ2n) is 19.6. The third kappa shape index (κ3) is 13.8. The van der Waals surface area contributed by atoms with Gasteiger partial charge in [-0.2, -0.15) is 0 Å². The van der Waals surface area contributed by atoms with Crippen molar-refractivity contribution in [2.75, 3.05) is 13.2 Å². The number of carbonyl (C=O) groups is 2. The van der Waals surface area contributed by atoms with Crippen molar-refractivity contribution in [3.63, 3.8) is 0 Å². The van der Waals surface area contributed by atoms with Crippen molar-refractivity contribution < 1.29 is 34.0 Å². The summed E-state index contributed by atoms with van der Waals surface area (Å²) in [7, 11) is 0. The molecule has 2 aromatic rings. The molecule has 0 saturated heterocycles. The summed E-state index contributed by atoms with van der Waals surface area (Å²) in [6.07, 6.45) is 2.59. The Kier molecular flexibility index (Phi) is 14.1. The number of aromatic hydroxyl groups is 2. The molecule has 0 heterocycles. The zero-order chi connectivity index (χ0) is 39.4. The number of hydrogen-bond acceptors (Lipinski definition) is 7. The molecule has 2 rings (SSSR count). The number of hydrogen-bond donors (Lipinski definition) is 2. The average molecular weight is 711 g/mol. The Labute approximate surface area is 309 Å². The molecular formula is C44H70O7. The van der Waals surface area contributed by atoms with Gasteiger partial charge in [0.05, 0.1) is 18.8 Å². The van der Waals surface area contributed by atoms with Crippen LogP contribution in [0.5, 0.6) is 11.5 Å². The van der Waals surface area contributed by atoms with Crippen LogP contribution in [0.25, 0.3) is 0 Å². The van der Waals surface area contributed by atoms with Gasteiger partial charge in [0.15, 0.2) is 0 Å². The fourth-order valence-corrected chi connectivity index (χ4v) is 6.00. The van der Waals surface area contributed by atoms with E-state index in [0.717, 1.165) is 33.4 Å². The quantitative estimate of drug-likeness (QED) is 0.188. The summed E-state index contributed by atoms with van der Waals surface area (Å²) in [5, 5.41) is 22.0. The highest BCUT2D eigenvalue weighted by molar-refractivity contribution is 5.70. The number of carbonyl (C=O) groups excluding carboxylic acids is 2. The smallest absolute Gasteiger partial charge is 0.306 e. The van der Waals surface area contributed by atoms with E-state index in [-0.39, 0.29) is 53.0 Å². The van der Waals surface area contributed by atoms with Gasteiger partial charge in [-0.15, -0.1) is 0 Å². The van der Waals surface area contributed by atoms with Crippen molar-refractivity contribution in [2.45, 2.75) is 182 Å². The van der Waals surface area contributed by atoms with Gasteiger partial charge in [0.25, 0.3) is 0 Å². The van der Waals surface area contributed by atoms with Crippen LogP contribution in [0.1, 0.15) is 170 Å². The van der Waals surface area contributed by atoms with Crippen LogP contribution in [0.2, 0.25) is 0 Å². The first-order valence-corrected chi connectivity index (χ1v) is 18.7. The Morgan fingerprint density at radius 1 is 0.510 bits per heavy atom. The van der Waals surface area contributed by atoms with Gasteiger partial charge < -0.3 is 24.4 Å². The van der Waals surface area contributed by atoms with E-state index in [4.69, 9.17) is 14.2 Å². The minimum Gasteiger partial charge on any atom is -0.507 e.